The van der Waals surface area contributed by atoms with Crippen molar-refractivity contribution in [2.24, 2.45) is 0 Å². The number of benzene rings is 1. The Labute approximate surface area is 110 Å². The summed E-state index contributed by atoms with van der Waals surface area (Å²) in [6.07, 6.45) is -0.709. The molecule has 18 heavy (non-hydrogen) atoms. The van der Waals surface area contributed by atoms with Crippen molar-refractivity contribution in [3.63, 3.8) is 0 Å². The maximum Gasteiger partial charge on any atom is 0.0864 e. The first kappa shape index (κ1) is 13.1. The molecule has 2 aromatic rings. The van der Waals surface area contributed by atoms with Gasteiger partial charge in [0.05, 0.1) is 18.2 Å². The molecule has 4 N–H and O–H groups in total. The number of hydrogen-bond acceptors (Lipinski definition) is 5. The molecule has 1 heterocycles. The molecule has 0 saturated heterocycles. The van der Waals surface area contributed by atoms with Crippen molar-refractivity contribution in [2.45, 2.75) is 17.9 Å². The van der Waals surface area contributed by atoms with Crippen molar-refractivity contribution in [1.82, 2.24) is 4.98 Å². The fourth-order valence-electron chi connectivity index (χ4n) is 1.70. The van der Waals surface area contributed by atoms with Crippen LogP contribution in [0.15, 0.2) is 29.2 Å². The molecule has 1 atom stereocenters. The lowest BCUT2D eigenvalue weighted by Gasteiger charge is -2.10. The van der Waals surface area contributed by atoms with Gasteiger partial charge in [0.1, 0.15) is 0 Å². The first-order chi connectivity index (χ1) is 8.60. The number of aliphatic hydroxyl groups excluding tert-OH is 2. The van der Waals surface area contributed by atoms with E-state index in [-0.39, 0.29) is 6.61 Å². The highest BCUT2D eigenvalue weighted by atomic mass is 32.2. The number of hydrogen-bond donors (Lipinski definition) is 3. The van der Waals surface area contributed by atoms with Crippen molar-refractivity contribution in [3.05, 3.63) is 30.0 Å². The number of fused-ring (bicyclic) bond motifs is 1. The third kappa shape index (κ3) is 2.93. The summed E-state index contributed by atoms with van der Waals surface area (Å²) in [6, 6.07) is 7.57. The first-order valence-electron chi connectivity index (χ1n) is 5.68. The predicted molar refractivity (Wildman–Crippen MR) is 74.7 cm³/mol. The highest BCUT2D eigenvalue weighted by Gasteiger charge is 2.08. The number of rotatable bonds is 4. The molecule has 0 spiro atoms. The SMILES string of the molecule is Cc1cc(SCC(O)CO)c2cc(N)ccc2n1. The van der Waals surface area contributed by atoms with E-state index >= 15 is 0 Å². The topological polar surface area (TPSA) is 79.4 Å². The fraction of sp³-hybridized carbons (Fsp3) is 0.308. The van der Waals surface area contributed by atoms with Gasteiger partial charge in [-0.3, -0.25) is 4.98 Å². The quantitative estimate of drug-likeness (QED) is 0.577. The summed E-state index contributed by atoms with van der Waals surface area (Å²) < 4.78 is 0. The van der Waals surface area contributed by atoms with E-state index in [1.54, 1.807) is 0 Å². The van der Waals surface area contributed by atoms with Crippen molar-refractivity contribution in [1.29, 1.82) is 0 Å². The van der Waals surface area contributed by atoms with Gasteiger partial charge in [-0.1, -0.05) is 0 Å². The highest BCUT2D eigenvalue weighted by molar-refractivity contribution is 7.99. The monoisotopic (exact) mass is 264 g/mol. The molecule has 5 heteroatoms. The minimum Gasteiger partial charge on any atom is -0.399 e. The second kappa shape index (κ2) is 5.56. The minimum absolute atomic E-state index is 0.225. The van der Waals surface area contributed by atoms with E-state index in [1.807, 2.05) is 31.2 Å². The van der Waals surface area contributed by atoms with E-state index in [1.165, 1.54) is 11.8 Å². The van der Waals surface area contributed by atoms with Crippen LogP contribution in [-0.2, 0) is 0 Å². The van der Waals surface area contributed by atoms with Gasteiger partial charge in [-0.2, -0.15) is 0 Å². The maximum absolute atomic E-state index is 9.40. The number of aromatic nitrogens is 1. The van der Waals surface area contributed by atoms with Crippen LogP contribution in [0.2, 0.25) is 0 Å². The summed E-state index contributed by atoms with van der Waals surface area (Å²) in [5.74, 6) is 0.448. The van der Waals surface area contributed by atoms with Crippen LogP contribution in [0.3, 0.4) is 0 Å². The average molecular weight is 264 g/mol. The van der Waals surface area contributed by atoms with Gasteiger partial charge in [0.2, 0.25) is 0 Å². The Morgan fingerprint density at radius 2 is 2.17 bits per heavy atom. The number of aliphatic hydroxyl groups is 2. The summed E-state index contributed by atoms with van der Waals surface area (Å²) in [5.41, 5.74) is 8.30. The Kier molecular flexibility index (Phi) is 4.06. The standard InChI is InChI=1S/C13H16N2O2S/c1-8-4-13(18-7-10(17)6-16)11-5-9(14)2-3-12(11)15-8/h2-5,10,16-17H,6-7,14H2,1H3. The Bertz CT molecular complexity index is 560. The molecule has 0 bridgehead atoms. The van der Waals surface area contributed by atoms with Crippen LogP contribution in [0.5, 0.6) is 0 Å². The zero-order chi connectivity index (χ0) is 13.1. The van der Waals surface area contributed by atoms with Gasteiger partial charge >= 0.3 is 0 Å². The van der Waals surface area contributed by atoms with Crippen LogP contribution >= 0.6 is 11.8 Å². The molecule has 1 aromatic heterocycles. The van der Waals surface area contributed by atoms with Crippen molar-refractivity contribution in [2.75, 3.05) is 18.1 Å². The molecule has 1 unspecified atom stereocenters. The highest BCUT2D eigenvalue weighted by Crippen LogP contribution is 2.29. The van der Waals surface area contributed by atoms with Gasteiger partial charge in [-0.25, -0.2) is 0 Å². The number of nitrogens with two attached hydrogens (primary N) is 1. The van der Waals surface area contributed by atoms with E-state index in [2.05, 4.69) is 4.98 Å². The van der Waals surface area contributed by atoms with Gasteiger partial charge in [0.25, 0.3) is 0 Å². The lowest BCUT2D eigenvalue weighted by molar-refractivity contribution is 0.113. The molecule has 0 radical (unpaired) electrons. The Hall–Kier alpha value is -1.30. The molecule has 0 aliphatic heterocycles. The number of nitrogen functional groups attached to an aromatic ring is 1. The van der Waals surface area contributed by atoms with E-state index < -0.39 is 6.10 Å². The molecule has 96 valence electrons. The Balaban J connectivity index is 2.38. The van der Waals surface area contributed by atoms with E-state index in [9.17, 15) is 5.11 Å². The molecule has 0 fully saturated rings. The van der Waals surface area contributed by atoms with Gasteiger partial charge < -0.3 is 15.9 Å². The van der Waals surface area contributed by atoms with E-state index in [0.29, 0.717) is 11.4 Å². The van der Waals surface area contributed by atoms with Crippen LogP contribution in [0.1, 0.15) is 5.69 Å². The van der Waals surface area contributed by atoms with Crippen molar-refractivity contribution >= 4 is 28.4 Å². The second-order valence-corrected chi connectivity index (χ2v) is 5.25. The number of aryl methyl sites for hydroxylation is 1. The van der Waals surface area contributed by atoms with Crippen LogP contribution in [0, 0.1) is 6.92 Å². The number of nitrogens with zero attached hydrogens (tertiary/aromatic N) is 1. The lowest BCUT2D eigenvalue weighted by Crippen LogP contribution is -2.14. The van der Waals surface area contributed by atoms with E-state index in [0.717, 1.165) is 21.5 Å². The molecule has 0 aliphatic carbocycles. The first-order valence-corrected chi connectivity index (χ1v) is 6.67. The molecule has 4 nitrogen and oxygen atoms in total. The van der Waals surface area contributed by atoms with Gasteiger partial charge in [0.15, 0.2) is 0 Å². The van der Waals surface area contributed by atoms with Gasteiger partial charge in [-0.05, 0) is 31.2 Å². The molecule has 0 aliphatic rings. The maximum atomic E-state index is 9.40. The average Bonchev–Trinajstić information content (AvgIpc) is 2.36. The van der Waals surface area contributed by atoms with E-state index in [4.69, 9.17) is 10.8 Å². The zero-order valence-electron chi connectivity index (χ0n) is 10.1. The van der Waals surface area contributed by atoms with Crippen LogP contribution in [0.25, 0.3) is 10.9 Å². The Morgan fingerprint density at radius 3 is 2.89 bits per heavy atom. The largest absolute Gasteiger partial charge is 0.399 e. The normalized spacial score (nSPS) is 12.8. The molecule has 0 amide bonds. The summed E-state index contributed by atoms with van der Waals surface area (Å²) in [7, 11) is 0. The molecule has 0 saturated carbocycles. The fourth-order valence-corrected chi connectivity index (χ4v) is 2.75. The summed E-state index contributed by atoms with van der Waals surface area (Å²) >= 11 is 1.50. The number of anilines is 1. The molecule has 1 aromatic carbocycles. The second-order valence-electron chi connectivity index (χ2n) is 4.19. The minimum atomic E-state index is -0.709. The van der Waals surface area contributed by atoms with Crippen LogP contribution in [0.4, 0.5) is 5.69 Å². The van der Waals surface area contributed by atoms with Crippen molar-refractivity contribution < 1.29 is 10.2 Å². The number of thioether (sulfide) groups is 1. The third-order valence-corrected chi connectivity index (χ3v) is 3.77. The molecular weight excluding hydrogens is 248 g/mol. The molecule has 2 rings (SSSR count). The van der Waals surface area contributed by atoms with Gasteiger partial charge in [0, 0.05) is 27.4 Å². The van der Waals surface area contributed by atoms with Crippen LogP contribution < -0.4 is 5.73 Å². The van der Waals surface area contributed by atoms with Crippen molar-refractivity contribution in [3.8, 4) is 0 Å². The summed E-state index contributed by atoms with van der Waals surface area (Å²) in [4.78, 5) is 5.47. The smallest absolute Gasteiger partial charge is 0.0864 e. The lowest BCUT2D eigenvalue weighted by atomic mass is 10.2. The summed E-state index contributed by atoms with van der Waals surface area (Å²) in [5, 5.41) is 19.2. The van der Waals surface area contributed by atoms with Gasteiger partial charge in [-0.15, -0.1) is 11.8 Å². The number of pyridine rings is 1. The predicted octanol–water partition coefficient (Wildman–Crippen LogP) is 1.57. The van der Waals surface area contributed by atoms with Crippen LogP contribution in [-0.4, -0.2) is 33.7 Å². The third-order valence-electron chi connectivity index (χ3n) is 2.56. The zero-order valence-corrected chi connectivity index (χ0v) is 10.9. The molecular formula is C13H16N2O2S. The Morgan fingerprint density at radius 1 is 1.39 bits per heavy atom. The summed E-state index contributed by atoms with van der Waals surface area (Å²) in [6.45, 7) is 1.71.